The molecule has 0 N–H and O–H groups in total. The molecule has 0 bridgehead atoms. The molecule has 3 nitrogen and oxygen atoms in total. The van der Waals surface area contributed by atoms with E-state index in [4.69, 9.17) is 37.5 Å². The number of pyridine rings is 1. The fourth-order valence-electron chi connectivity index (χ4n) is 3.52. The molecule has 0 radical (unpaired) electrons. The van der Waals surface area contributed by atoms with Gasteiger partial charge in [0.2, 0.25) is 0 Å². The van der Waals surface area contributed by atoms with Crippen molar-refractivity contribution in [3.63, 3.8) is 0 Å². The fraction of sp³-hybridized carbons (Fsp3) is 0.0455. The predicted molar refractivity (Wildman–Crippen MR) is 121 cm³/mol. The first-order valence-corrected chi connectivity index (χ1v) is 11.7. The van der Waals surface area contributed by atoms with Crippen LogP contribution in [0.4, 0.5) is 4.39 Å². The third kappa shape index (κ3) is 3.86. The van der Waals surface area contributed by atoms with Gasteiger partial charge in [-0.05, 0) is 0 Å². The summed E-state index contributed by atoms with van der Waals surface area (Å²) in [6, 6.07) is 14.5. The molecular weight excluding hydrogens is 640 g/mol. The minimum atomic E-state index is -0.311. The molecule has 148 valence electrons. The molecule has 0 amide bonds. The summed E-state index contributed by atoms with van der Waals surface area (Å²) >= 11 is 19.1. The first-order chi connectivity index (χ1) is 14.3. The van der Waals surface area contributed by atoms with E-state index in [-0.39, 0.29) is 47.6 Å². The third-order valence-electron chi connectivity index (χ3n) is 4.81. The summed E-state index contributed by atoms with van der Waals surface area (Å²) in [5, 5.41) is 1.65. The topological polar surface area (TPSA) is 31.2 Å². The van der Waals surface area contributed by atoms with E-state index in [0.29, 0.717) is 22.0 Å². The molecule has 0 saturated heterocycles. The van der Waals surface area contributed by atoms with E-state index in [9.17, 15) is 9.18 Å². The summed E-state index contributed by atoms with van der Waals surface area (Å²) in [6.07, 6.45) is 0. The van der Waals surface area contributed by atoms with Crippen LogP contribution in [0.3, 0.4) is 0 Å². The van der Waals surface area contributed by atoms with Crippen LogP contribution in [-0.2, 0) is 0 Å². The molecule has 1 aromatic heterocycles. The van der Waals surface area contributed by atoms with Crippen molar-refractivity contribution in [3.8, 4) is 22.6 Å². The number of nitrogens with zero attached hydrogens (tertiary/aromatic N) is 1. The van der Waals surface area contributed by atoms with Crippen molar-refractivity contribution in [3.05, 3.63) is 91.4 Å². The zero-order valence-corrected chi connectivity index (χ0v) is 22.3. The summed E-state index contributed by atoms with van der Waals surface area (Å²) in [5.74, 6) is 0.292. The van der Waals surface area contributed by atoms with Gasteiger partial charge in [-0.2, -0.15) is 0 Å². The Hall–Kier alpha value is -1.61. The van der Waals surface area contributed by atoms with E-state index in [1.54, 1.807) is 18.2 Å². The van der Waals surface area contributed by atoms with Crippen molar-refractivity contribution in [2.75, 3.05) is 0 Å². The molecule has 3 aromatic carbocycles. The molecular formula is C22H12Cl3FNO2Tl. The summed E-state index contributed by atoms with van der Waals surface area (Å²) < 4.78 is 20.8. The Balaban J connectivity index is 2.15. The normalized spacial score (nSPS) is 11.1. The second-order valence-corrected chi connectivity index (χ2v) is 8.87. The maximum atomic E-state index is 13.7. The van der Waals surface area contributed by atoms with Crippen LogP contribution in [-0.4, -0.2) is 30.8 Å². The first-order valence-electron chi connectivity index (χ1n) is 8.78. The van der Waals surface area contributed by atoms with Crippen molar-refractivity contribution in [2.24, 2.45) is 0 Å². The molecule has 0 aliphatic rings. The molecule has 1 heterocycles. The molecule has 0 atom stereocenters. The maximum absolute atomic E-state index is 13.7. The molecule has 0 saturated carbocycles. The van der Waals surface area contributed by atoms with Gasteiger partial charge in [0, 0.05) is 0 Å². The van der Waals surface area contributed by atoms with Gasteiger partial charge < -0.3 is 0 Å². The average molecular weight is 652 g/mol. The number of rotatable bonds is 3. The van der Waals surface area contributed by atoms with Gasteiger partial charge in [0.05, 0.1) is 0 Å². The summed E-state index contributed by atoms with van der Waals surface area (Å²) in [6.45, 7) is 1.84. The summed E-state index contributed by atoms with van der Waals surface area (Å²) in [5.41, 5.74) is 3.03. The van der Waals surface area contributed by atoms with Gasteiger partial charge in [0.25, 0.3) is 0 Å². The van der Waals surface area contributed by atoms with Gasteiger partial charge >= 0.3 is 204 Å². The average Bonchev–Trinajstić information content (AvgIpc) is 2.68. The number of hydrogen-bond acceptors (Lipinski definition) is 2. The number of aromatic nitrogens is 1. The van der Waals surface area contributed by atoms with E-state index >= 15 is 0 Å². The van der Waals surface area contributed by atoms with Gasteiger partial charge in [-0.25, -0.2) is 0 Å². The van der Waals surface area contributed by atoms with Crippen LogP contribution in [0.15, 0.2) is 59.4 Å². The van der Waals surface area contributed by atoms with Crippen molar-refractivity contribution >= 4 is 71.9 Å². The van der Waals surface area contributed by atoms with Gasteiger partial charge in [-0.1, -0.05) is 0 Å². The monoisotopic (exact) mass is 651 g/mol. The Morgan fingerprint density at radius 2 is 1.63 bits per heavy atom. The number of halogens is 4. The van der Waals surface area contributed by atoms with Gasteiger partial charge in [0.15, 0.2) is 0 Å². The van der Waals surface area contributed by atoms with Crippen LogP contribution >= 0.6 is 34.8 Å². The van der Waals surface area contributed by atoms with Gasteiger partial charge in [0.1, 0.15) is 0 Å². The number of benzene rings is 3. The van der Waals surface area contributed by atoms with Crippen LogP contribution in [0, 0.1) is 12.7 Å². The van der Waals surface area contributed by atoms with Crippen LogP contribution < -0.4 is 8.25 Å². The molecule has 0 unspecified atom stereocenters. The summed E-state index contributed by atoms with van der Waals surface area (Å²) in [4.78, 5) is 12.9. The molecule has 0 fully saturated rings. The molecule has 4 rings (SSSR count). The van der Waals surface area contributed by atoms with Crippen molar-refractivity contribution in [2.45, 2.75) is 6.92 Å². The third-order valence-corrected chi connectivity index (χ3v) is 6.66. The number of aryl methyl sites for hydroxylation is 1. The molecule has 0 spiro atoms. The molecule has 0 aliphatic carbocycles. The Labute approximate surface area is 203 Å². The summed E-state index contributed by atoms with van der Waals surface area (Å²) in [7, 11) is 0. The van der Waals surface area contributed by atoms with E-state index in [2.05, 4.69) is 0 Å². The quantitative estimate of drug-likeness (QED) is 0.236. The van der Waals surface area contributed by atoms with E-state index in [0.717, 1.165) is 22.1 Å². The predicted octanol–water partition coefficient (Wildman–Crippen LogP) is 6.53. The Bertz CT molecular complexity index is 1350. The Kier molecular flexibility index (Phi) is 6.12. The van der Waals surface area contributed by atoms with E-state index < -0.39 is 0 Å². The van der Waals surface area contributed by atoms with Crippen LogP contribution in [0.5, 0.6) is 5.75 Å². The molecule has 30 heavy (non-hydrogen) atoms. The standard InChI is InChI=1S/C22H13Cl3FNO2.Tl/c1-11-6-13(26)2-3-15(11)17-9-14(28)10-20-16(17)4-5-21(29)27(20)22-18(24)7-12(23)8-19(22)25;/h2-10,28H,1H3;/q;+1/p-1. The van der Waals surface area contributed by atoms with E-state index in [1.807, 2.05) is 13.0 Å². The Morgan fingerprint density at radius 3 is 2.27 bits per heavy atom. The fourth-order valence-corrected chi connectivity index (χ4v) is 5.03. The van der Waals surface area contributed by atoms with Crippen molar-refractivity contribution in [1.82, 2.24) is 4.57 Å². The minimum absolute atomic E-state index is 0.237. The number of fused-ring (bicyclic) bond motifs is 1. The second-order valence-electron chi connectivity index (χ2n) is 6.71. The van der Waals surface area contributed by atoms with Gasteiger partial charge in [-0.15, -0.1) is 0 Å². The second kappa shape index (κ2) is 8.49. The molecule has 4 aromatic rings. The van der Waals surface area contributed by atoms with Crippen LogP contribution in [0.1, 0.15) is 5.56 Å². The van der Waals surface area contributed by atoms with Crippen molar-refractivity contribution in [1.29, 1.82) is 0 Å². The zero-order chi connectivity index (χ0) is 21.6. The molecule has 8 heteroatoms. The molecule has 0 aliphatic heterocycles. The zero-order valence-electron chi connectivity index (χ0n) is 15.5. The number of hydrogen-bond donors (Lipinski definition) is 0. The van der Waals surface area contributed by atoms with E-state index in [1.165, 1.54) is 34.9 Å². The van der Waals surface area contributed by atoms with Crippen LogP contribution in [0.25, 0.3) is 27.7 Å². The Morgan fingerprint density at radius 1 is 0.933 bits per heavy atom. The van der Waals surface area contributed by atoms with Gasteiger partial charge in [-0.3, -0.25) is 0 Å². The first kappa shape index (κ1) is 21.6. The van der Waals surface area contributed by atoms with Crippen LogP contribution in [0.2, 0.25) is 15.1 Å². The SMILES string of the molecule is Cc1cc(F)ccc1-c1cc([O][Tl])cc2c1ccc(=O)n2-c1c(Cl)cc(Cl)cc1Cl. The van der Waals surface area contributed by atoms with Crippen molar-refractivity contribution < 1.29 is 7.08 Å².